The SMILES string of the molecule is CCCc1cn(C(C)C)cc1CCC. The Bertz CT molecular complexity index is 247. The molecule has 1 heteroatoms. The van der Waals surface area contributed by atoms with Crippen LogP contribution < -0.4 is 0 Å². The molecule has 0 unspecified atom stereocenters. The molecule has 0 aliphatic heterocycles. The third kappa shape index (κ3) is 2.63. The highest BCUT2D eigenvalue weighted by molar-refractivity contribution is 5.25. The zero-order valence-electron chi connectivity index (χ0n) is 10.0. The maximum Gasteiger partial charge on any atom is 0.0274 e. The standard InChI is InChI=1S/C13H23N/c1-5-7-12-9-14(11(3)4)10-13(12)8-6-2/h9-11H,5-8H2,1-4H3. The van der Waals surface area contributed by atoms with Gasteiger partial charge in [-0.3, -0.25) is 0 Å². The van der Waals surface area contributed by atoms with E-state index in [-0.39, 0.29) is 0 Å². The van der Waals surface area contributed by atoms with Crippen LogP contribution in [0.15, 0.2) is 12.4 Å². The van der Waals surface area contributed by atoms with Crippen molar-refractivity contribution in [2.24, 2.45) is 0 Å². The number of hydrogen-bond acceptors (Lipinski definition) is 0. The first-order valence-corrected chi connectivity index (χ1v) is 5.88. The molecule has 0 amide bonds. The predicted molar refractivity (Wildman–Crippen MR) is 62.8 cm³/mol. The minimum Gasteiger partial charge on any atom is -0.351 e. The van der Waals surface area contributed by atoms with Crippen LogP contribution >= 0.6 is 0 Å². The van der Waals surface area contributed by atoms with Gasteiger partial charge in [-0.15, -0.1) is 0 Å². The number of nitrogens with zero attached hydrogens (tertiary/aromatic N) is 1. The molecule has 0 radical (unpaired) electrons. The van der Waals surface area contributed by atoms with Crippen molar-refractivity contribution in [1.82, 2.24) is 4.57 Å². The molecule has 0 atom stereocenters. The molecule has 1 nitrogen and oxygen atoms in total. The van der Waals surface area contributed by atoms with E-state index in [9.17, 15) is 0 Å². The molecule has 0 aromatic carbocycles. The maximum absolute atomic E-state index is 2.34. The number of aromatic nitrogens is 1. The number of aryl methyl sites for hydroxylation is 2. The lowest BCUT2D eigenvalue weighted by Crippen LogP contribution is -1.95. The third-order valence-electron chi connectivity index (χ3n) is 2.66. The summed E-state index contributed by atoms with van der Waals surface area (Å²) in [7, 11) is 0. The lowest BCUT2D eigenvalue weighted by Gasteiger charge is -2.05. The van der Waals surface area contributed by atoms with Crippen molar-refractivity contribution in [3.8, 4) is 0 Å². The first-order chi connectivity index (χ1) is 6.69. The second-order valence-corrected chi connectivity index (χ2v) is 4.35. The van der Waals surface area contributed by atoms with Gasteiger partial charge in [0.2, 0.25) is 0 Å². The topological polar surface area (TPSA) is 4.93 Å². The van der Waals surface area contributed by atoms with E-state index in [0.717, 1.165) is 0 Å². The normalized spacial score (nSPS) is 11.2. The van der Waals surface area contributed by atoms with Gasteiger partial charge in [0, 0.05) is 18.4 Å². The molecule has 80 valence electrons. The van der Waals surface area contributed by atoms with Crippen LogP contribution in [0.3, 0.4) is 0 Å². The highest BCUT2D eigenvalue weighted by Gasteiger charge is 2.06. The Kier molecular flexibility index (Phi) is 4.24. The van der Waals surface area contributed by atoms with Gasteiger partial charge in [0.1, 0.15) is 0 Å². The van der Waals surface area contributed by atoms with Gasteiger partial charge in [-0.2, -0.15) is 0 Å². The van der Waals surface area contributed by atoms with E-state index in [1.165, 1.54) is 25.7 Å². The van der Waals surface area contributed by atoms with Crippen molar-refractivity contribution in [3.05, 3.63) is 23.5 Å². The van der Waals surface area contributed by atoms with Crippen molar-refractivity contribution in [3.63, 3.8) is 0 Å². The zero-order valence-corrected chi connectivity index (χ0v) is 10.0. The van der Waals surface area contributed by atoms with Crippen LogP contribution in [-0.4, -0.2) is 4.57 Å². The van der Waals surface area contributed by atoms with E-state index in [1.807, 2.05) is 0 Å². The summed E-state index contributed by atoms with van der Waals surface area (Å²) in [6.07, 6.45) is 9.63. The molecule has 0 spiro atoms. The molecule has 0 aliphatic carbocycles. The summed E-state index contributed by atoms with van der Waals surface area (Å²) in [5.74, 6) is 0. The molecule has 0 bridgehead atoms. The average molecular weight is 193 g/mol. The van der Waals surface area contributed by atoms with E-state index >= 15 is 0 Å². The van der Waals surface area contributed by atoms with Crippen molar-refractivity contribution >= 4 is 0 Å². The fourth-order valence-electron chi connectivity index (χ4n) is 1.85. The van der Waals surface area contributed by atoms with Crippen molar-refractivity contribution < 1.29 is 0 Å². The fraction of sp³-hybridized carbons (Fsp3) is 0.692. The van der Waals surface area contributed by atoms with Crippen LogP contribution in [0.4, 0.5) is 0 Å². The second kappa shape index (κ2) is 5.23. The van der Waals surface area contributed by atoms with Crippen molar-refractivity contribution in [2.45, 2.75) is 59.4 Å². The lowest BCUT2D eigenvalue weighted by atomic mass is 10.1. The monoisotopic (exact) mass is 193 g/mol. The molecule has 14 heavy (non-hydrogen) atoms. The molecule has 0 N–H and O–H groups in total. The summed E-state index contributed by atoms with van der Waals surface area (Å²) in [5, 5.41) is 0. The minimum absolute atomic E-state index is 0.594. The summed E-state index contributed by atoms with van der Waals surface area (Å²) < 4.78 is 2.34. The largest absolute Gasteiger partial charge is 0.351 e. The summed E-state index contributed by atoms with van der Waals surface area (Å²) >= 11 is 0. The van der Waals surface area contributed by atoms with Gasteiger partial charge in [-0.1, -0.05) is 26.7 Å². The highest BCUT2D eigenvalue weighted by Crippen LogP contribution is 2.18. The van der Waals surface area contributed by atoms with E-state index in [2.05, 4.69) is 44.7 Å². The van der Waals surface area contributed by atoms with Gasteiger partial charge in [0.05, 0.1) is 0 Å². The Morgan fingerprint density at radius 3 is 1.71 bits per heavy atom. The van der Waals surface area contributed by atoms with Crippen LogP contribution in [0, 0.1) is 0 Å². The van der Waals surface area contributed by atoms with Crippen LogP contribution in [0.1, 0.15) is 57.7 Å². The Morgan fingerprint density at radius 2 is 1.43 bits per heavy atom. The fourth-order valence-corrected chi connectivity index (χ4v) is 1.85. The van der Waals surface area contributed by atoms with Gasteiger partial charge in [-0.05, 0) is 37.8 Å². The molecule has 1 rings (SSSR count). The Hall–Kier alpha value is -0.720. The van der Waals surface area contributed by atoms with Gasteiger partial charge in [-0.25, -0.2) is 0 Å². The molecular weight excluding hydrogens is 170 g/mol. The Labute approximate surface area is 88.1 Å². The molecule has 0 aliphatic rings. The van der Waals surface area contributed by atoms with Crippen molar-refractivity contribution in [2.75, 3.05) is 0 Å². The van der Waals surface area contributed by atoms with Crippen LogP contribution in [0.5, 0.6) is 0 Å². The smallest absolute Gasteiger partial charge is 0.0274 e. The van der Waals surface area contributed by atoms with E-state index < -0.39 is 0 Å². The molecule has 1 aromatic rings. The van der Waals surface area contributed by atoms with Crippen LogP contribution in [0.2, 0.25) is 0 Å². The van der Waals surface area contributed by atoms with E-state index in [4.69, 9.17) is 0 Å². The third-order valence-corrected chi connectivity index (χ3v) is 2.66. The quantitative estimate of drug-likeness (QED) is 0.666. The molecule has 0 fully saturated rings. The van der Waals surface area contributed by atoms with Gasteiger partial charge in [0.15, 0.2) is 0 Å². The second-order valence-electron chi connectivity index (χ2n) is 4.35. The molecule has 1 heterocycles. The maximum atomic E-state index is 2.34. The highest BCUT2D eigenvalue weighted by atomic mass is 15.0. The van der Waals surface area contributed by atoms with Gasteiger partial charge < -0.3 is 4.57 Å². The van der Waals surface area contributed by atoms with Gasteiger partial charge >= 0.3 is 0 Å². The molecule has 0 saturated heterocycles. The first kappa shape index (κ1) is 11.4. The Morgan fingerprint density at radius 1 is 1.00 bits per heavy atom. The Balaban J connectivity index is 2.87. The van der Waals surface area contributed by atoms with Crippen molar-refractivity contribution in [1.29, 1.82) is 0 Å². The first-order valence-electron chi connectivity index (χ1n) is 5.88. The van der Waals surface area contributed by atoms with E-state index in [0.29, 0.717) is 6.04 Å². The lowest BCUT2D eigenvalue weighted by molar-refractivity contribution is 0.600. The van der Waals surface area contributed by atoms with Crippen LogP contribution in [-0.2, 0) is 12.8 Å². The number of rotatable bonds is 5. The summed E-state index contributed by atoms with van der Waals surface area (Å²) in [5.41, 5.74) is 3.12. The summed E-state index contributed by atoms with van der Waals surface area (Å²) in [4.78, 5) is 0. The summed E-state index contributed by atoms with van der Waals surface area (Å²) in [6, 6.07) is 0.594. The van der Waals surface area contributed by atoms with E-state index in [1.54, 1.807) is 11.1 Å². The predicted octanol–water partition coefficient (Wildman–Crippen LogP) is 3.97. The molecular formula is C13H23N. The zero-order chi connectivity index (χ0) is 10.6. The summed E-state index contributed by atoms with van der Waals surface area (Å²) in [6.45, 7) is 8.99. The van der Waals surface area contributed by atoms with Crippen LogP contribution in [0.25, 0.3) is 0 Å². The average Bonchev–Trinajstić information content (AvgIpc) is 2.50. The molecule has 1 aromatic heterocycles. The molecule has 0 saturated carbocycles. The van der Waals surface area contributed by atoms with Gasteiger partial charge in [0.25, 0.3) is 0 Å². The minimum atomic E-state index is 0.594. The number of hydrogen-bond donors (Lipinski definition) is 0.